The van der Waals surface area contributed by atoms with Crippen molar-refractivity contribution >= 4 is 5.91 Å². The standard InChI is InChI=1S/C22H35NO3/c1-17(2)22(12-14-26-21(4,5)16-22)11-13-23(18(3)24)15-19-7-9-20(25-6)10-8-19/h7-10,17H,11-16H2,1-6H3/t22-/m1/s1. The summed E-state index contributed by atoms with van der Waals surface area (Å²) < 4.78 is 11.2. The van der Waals surface area contributed by atoms with Crippen LogP contribution in [0.3, 0.4) is 0 Å². The molecular weight excluding hydrogens is 326 g/mol. The van der Waals surface area contributed by atoms with E-state index in [4.69, 9.17) is 9.47 Å². The molecule has 0 radical (unpaired) electrons. The van der Waals surface area contributed by atoms with Crippen molar-refractivity contribution in [3.05, 3.63) is 29.8 Å². The SMILES string of the molecule is COc1ccc(CN(CC[C@@]2(C(C)C)CCOC(C)(C)C2)C(C)=O)cc1. The Morgan fingerprint density at radius 1 is 1.27 bits per heavy atom. The van der Waals surface area contributed by atoms with Gasteiger partial charge >= 0.3 is 0 Å². The molecule has 0 saturated carbocycles. The third kappa shape index (κ3) is 5.23. The number of methoxy groups -OCH3 is 1. The number of ether oxygens (including phenoxy) is 2. The average Bonchev–Trinajstić information content (AvgIpc) is 2.57. The minimum absolute atomic E-state index is 0.0838. The highest BCUT2D eigenvalue weighted by atomic mass is 16.5. The molecule has 0 aliphatic carbocycles. The van der Waals surface area contributed by atoms with Gasteiger partial charge in [-0.3, -0.25) is 4.79 Å². The van der Waals surface area contributed by atoms with Crippen LogP contribution in [0.25, 0.3) is 0 Å². The highest BCUT2D eigenvalue weighted by molar-refractivity contribution is 5.73. The van der Waals surface area contributed by atoms with Gasteiger partial charge in [-0.05, 0) is 62.1 Å². The van der Waals surface area contributed by atoms with Gasteiger partial charge in [0.25, 0.3) is 0 Å². The maximum Gasteiger partial charge on any atom is 0.219 e. The predicted molar refractivity (Wildman–Crippen MR) is 105 cm³/mol. The Hall–Kier alpha value is -1.55. The minimum atomic E-state index is -0.0838. The summed E-state index contributed by atoms with van der Waals surface area (Å²) in [6.07, 6.45) is 3.14. The molecular formula is C22H35NO3. The first-order valence-corrected chi connectivity index (χ1v) is 9.70. The van der Waals surface area contributed by atoms with E-state index in [0.29, 0.717) is 12.5 Å². The van der Waals surface area contributed by atoms with Crippen LogP contribution in [-0.2, 0) is 16.1 Å². The first kappa shape index (κ1) is 20.8. The molecule has 1 aliphatic rings. The van der Waals surface area contributed by atoms with Gasteiger partial charge in [0.2, 0.25) is 5.91 Å². The fraction of sp³-hybridized carbons (Fsp3) is 0.682. The van der Waals surface area contributed by atoms with E-state index in [-0.39, 0.29) is 16.9 Å². The Labute approximate surface area is 158 Å². The summed E-state index contributed by atoms with van der Waals surface area (Å²) in [4.78, 5) is 14.2. The van der Waals surface area contributed by atoms with Crippen LogP contribution in [0.4, 0.5) is 0 Å². The molecule has 1 atom stereocenters. The summed E-state index contributed by atoms with van der Waals surface area (Å²) >= 11 is 0. The van der Waals surface area contributed by atoms with E-state index in [1.807, 2.05) is 29.2 Å². The Morgan fingerprint density at radius 2 is 1.92 bits per heavy atom. The Kier molecular flexibility index (Phi) is 6.73. The van der Waals surface area contributed by atoms with E-state index in [9.17, 15) is 4.79 Å². The average molecular weight is 362 g/mol. The summed E-state index contributed by atoms with van der Waals surface area (Å²) in [6.45, 7) is 12.9. The number of amides is 1. The number of hydrogen-bond donors (Lipinski definition) is 0. The van der Waals surface area contributed by atoms with E-state index in [0.717, 1.165) is 43.7 Å². The summed E-state index contributed by atoms with van der Waals surface area (Å²) in [5, 5.41) is 0. The second-order valence-electron chi connectivity index (χ2n) is 8.59. The smallest absolute Gasteiger partial charge is 0.219 e. The molecule has 0 bridgehead atoms. The van der Waals surface area contributed by atoms with Gasteiger partial charge < -0.3 is 14.4 Å². The molecule has 4 heteroatoms. The van der Waals surface area contributed by atoms with Crippen molar-refractivity contribution in [2.45, 2.75) is 66.0 Å². The molecule has 0 spiro atoms. The summed E-state index contributed by atoms with van der Waals surface area (Å²) in [7, 11) is 1.66. The molecule has 1 aliphatic heterocycles. The Balaban J connectivity index is 2.07. The molecule has 1 aromatic carbocycles. The number of nitrogens with zero attached hydrogens (tertiary/aromatic N) is 1. The third-order valence-corrected chi connectivity index (χ3v) is 5.95. The minimum Gasteiger partial charge on any atom is -0.497 e. The number of rotatable bonds is 7. The van der Waals surface area contributed by atoms with E-state index < -0.39 is 0 Å². The molecule has 1 amide bonds. The second-order valence-corrected chi connectivity index (χ2v) is 8.59. The first-order chi connectivity index (χ1) is 12.2. The number of carbonyl (C=O) groups is 1. The molecule has 0 unspecified atom stereocenters. The van der Waals surface area contributed by atoms with Gasteiger partial charge in [-0.25, -0.2) is 0 Å². The molecule has 0 N–H and O–H groups in total. The van der Waals surface area contributed by atoms with Crippen LogP contribution in [0.2, 0.25) is 0 Å². The van der Waals surface area contributed by atoms with Crippen LogP contribution in [0, 0.1) is 11.3 Å². The van der Waals surface area contributed by atoms with Crippen LogP contribution in [-0.4, -0.2) is 36.7 Å². The molecule has 4 nitrogen and oxygen atoms in total. The number of hydrogen-bond acceptors (Lipinski definition) is 3. The maximum atomic E-state index is 12.2. The molecule has 146 valence electrons. The monoisotopic (exact) mass is 361 g/mol. The van der Waals surface area contributed by atoms with Crippen LogP contribution >= 0.6 is 0 Å². The molecule has 26 heavy (non-hydrogen) atoms. The van der Waals surface area contributed by atoms with Crippen molar-refractivity contribution < 1.29 is 14.3 Å². The van der Waals surface area contributed by atoms with Crippen molar-refractivity contribution in [3.63, 3.8) is 0 Å². The second kappa shape index (κ2) is 8.43. The van der Waals surface area contributed by atoms with Gasteiger partial charge in [0.15, 0.2) is 0 Å². The van der Waals surface area contributed by atoms with Gasteiger partial charge in [-0.1, -0.05) is 26.0 Å². The van der Waals surface area contributed by atoms with Crippen molar-refractivity contribution in [1.29, 1.82) is 0 Å². The van der Waals surface area contributed by atoms with E-state index in [1.165, 1.54) is 0 Å². The van der Waals surface area contributed by atoms with Crippen molar-refractivity contribution in [1.82, 2.24) is 4.90 Å². The van der Waals surface area contributed by atoms with Gasteiger partial charge in [-0.15, -0.1) is 0 Å². The number of benzene rings is 1. The Morgan fingerprint density at radius 3 is 2.42 bits per heavy atom. The largest absolute Gasteiger partial charge is 0.497 e. The summed E-state index contributed by atoms with van der Waals surface area (Å²) in [5.41, 5.74) is 1.28. The molecule has 1 aromatic rings. The predicted octanol–water partition coefficient (Wildman–Crippen LogP) is 4.67. The number of carbonyl (C=O) groups excluding carboxylic acids is 1. The van der Waals surface area contributed by atoms with Gasteiger partial charge in [0, 0.05) is 26.6 Å². The summed E-state index contributed by atoms with van der Waals surface area (Å²) in [6, 6.07) is 7.96. The van der Waals surface area contributed by atoms with Gasteiger partial charge in [0.05, 0.1) is 12.7 Å². The zero-order valence-corrected chi connectivity index (χ0v) is 17.3. The van der Waals surface area contributed by atoms with Crippen LogP contribution in [0.1, 0.15) is 59.4 Å². The molecule has 1 fully saturated rings. The van der Waals surface area contributed by atoms with Crippen LogP contribution in [0.15, 0.2) is 24.3 Å². The van der Waals surface area contributed by atoms with Gasteiger partial charge in [0.1, 0.15) is 5.75 Å². The van der Waals surface area contributed by atoms with Crippen molar-refractivity contribution in [2.75, 3.05) is 20.3 Å². The lowest BCUT2D eigenvalue weighted by molar-refractivity contribution is -0.134. The topological polar surface area (TPSA) is 38.8 Å². The lowest BCUT2D eigenvalue weighted by atomic mass is 9.65. The zero-order valence-electron chi connectivity index (χ0n) is 17.3. The normalized spacial score (nSPS) is 22.3. The first-order valence-electron chi connectivity index (χ1n) is 9.70. The third-order valence-electron chi connectivity index (χ3n) is 5.95. The van der Waals surface area contributed by atoms with Crippen LogP contribution < -0.4 is 4.74 Å². The quantitative estimate of drug-likeness (QED) is 0.709. The van der Waals surface area contributed by atoms with Crippen LogP contribution in [0.5, 0.6) is 5.75 Å². The molecule has 2 rings (SSSR count). The van der Waals surface area contributed by atoms with Gasteiger partial charge in [-0.2, -0.15) is 0 Å². The maximum absolute atomic E-state index is 12.2. The summed E-state index contributed by atoms with van der Waals surface area (Å²) in [5.74, 6) is 1.54. The Bertz CT molecular complexity index is 594. The fourth-order valence-electron chi connectivity index (χ4n) is 4.17. The lowest BCUT2D eigenvalue weighted by Crippen LogP contribution is -2.46. The van der Waals surface area contributed by atoms with E-state index >= 15 is 0 Å². The molecule has 0 aromatic heterocycles. The lowest BCUT2D eigenvalue weighted by Gasteiger charge is -2.48. The van der Waals surface area contributed by atoms with E-state index in [2.05, 4.69) is 27.7 Å². The highest BCUT2D eigenvalue weighted by Gasteiger charge is 2.42. The fourth-order valence-corrected chi connectivity index (χ4v) is 4.17. The highest BCUT2D eigenvalue weighted by Crippen LogP contribution is 2.46. The van der Waals surface area contributed by atoms with E-state index in [1.54, 1.807) is 14.0 Å². The molecule has 1 heterocycles. The molecule has 1 saturated heterocycles. The zero-order chi connectivity index (χ0) is 19.4. The van der Waals surface area contributed by atoms with Crippen molar-refractivity contribution in [2.24, 2.45) is 11.3 Å². The van der Waals surface area contributed by atoms with Crippen molar-refractivity contribution in [3.8, 4) is 5.75 Å².